The van der Waals surface area contributed by atoms with E-state index in [1.165, 1.54) is 19.3 Å². The Morgan fingerprint density at radius 1 is 1.18 bits per heavy atom. The van der Waals surface area contributed by atoms with Crippen molar-refractivity contribution in [2.45, 2.75) is 44.9 Å². The van der Waals surface area contributed by atoms with Gasteiger partial charge in [0.05, 0.1) is 12.4 Å². The van der Waals surface area contributed by atoms with Crippen LogP contribution in [-0.4, -0.2) is 27.4 Å². The number of hydrogen-bond donors (Lipinski definition) is 1. The molecule has 4 nitrogen and oxygen atoms in total. The molecular weight excluding hydrogens is 238 g/mol. The fourth-order valence-electron chi connectivity index (χ4n) is 2.79. The summed E-state index contributed by atoms with van der Waals surface area (Å²) in [7, 11) is -3.40. The third-order valence-corrected chi connectivity index (χ3v) is 4.90. The van der Waals surface area contributed by atoms with Crippen molar-refractivity contribution >= 4 is 10.0 Å². The molecule has 2 N–H and O–H groups in total. The van der Waals surface area contributed by atoms with Crippen LogP contribution in [0.25, 0.3) is 0 Å². The topological polar surface area (TPSA) is 69.4 Å². The van der Waals surface area contributed by atoms with Gasteiger partial charge in [-0.3, -0.25) is 0 Å². The zero-order chi connectivity index (χ0) is 12.4. The first-order valence-electron chi connectivity index (χ1n) is 6.57. The zero-order valence-corrected chi connectivity index (χ0v) is 11.2. The van der Waals surface area contributed by atoms with Crippen LogP contribution in [0.2, 0.25) is 0 Å². The first kappa shape index (κ1) is 13.3. The van der Waals surface area contributed by atoms with Crippen LogP contribution in [0.4, 0.5) is 0 Å². The lowest BCUT2D eigenvalue weighted by molar-refractivity contribution is 0.0282. The van der Waals surface area contributed by atoms with Crippen LogP contribution in [0.15, 0.2) is 0 Å². The molecule has 2 aliphatic rings. The molecule has 0 aromatic carbocycles. The molecule has 100 valence electrons. The Balaban J connectivity index is 1.89. The molecule has 0 radical (unpaired) electrons. The summed E-state index contributed by atoms with van der Waals surface area (Å²) in [6.07, 6.45) is 7.81. The number of hydrogen-bond acceptors (Lipinski definition) is 3. The molecule has 0 heterocycles. The second-order valence-electron chi connectivity index (χ2n) is 5.83. The number of ether oxygens (including phenoxy) is 1. The van der Waals surface area contributed by atoms with Gasteiger partial charge >= 0.3 is 0 Å². The van der Waals surface area contributed by atoms with Gasteiger partial charge < -0.3 is 4.74 Å². The maximum absolute atomic E-state index is 11.3. The number of sulfonamides is 1. The molecule has 17 heavy (non-hydrogen) atoms. The molecule has 0 saturated heterocycles. The quantitative estimate of drug-likeness (QED) is 0.790. The fraction of sp³-hybridized carbons (Fsp3) is 1.00. The van der Waals surface area contributed by atoms with Crippen LogP contribution in [0.5, 0.6) is 0 Å². The molecular formula is C12H23NO3S. The van der Waals surface area contributed by atoms with Crippen molar-refractivity contribution in [2.75, 3.05) is 19.0 Å². The second-order valence-corrected chi connectivity index (χ2v) is 7.44. The SMILES string of the molecule is NS(=O)(=O)CC1(COCC2CC2)CCCCC1. The molecule has 0 atom stereocenters. The lowest BCUT2D eigenvalue weighted by atomic mass is 9.76. The maximum atomic E-state index is 11.3. The van der Waals surface area contributed by atoms with Crippen molar-refractivity contribution in [3.63, 3.8) is 0 Å². The molecule has 0 aromatic heterocycles. The predicted molar refractivity (Wildman–Crippen MR) is 67.0 cm³/mol. The summed E-state index contributed by atoms with van der Waals surface area (Å²) in [5.74, 6) is 0.815. The summed E-state index contributed by atoms with van der Waals surface area (Å²) >= 11 is 0. The molecule has 5 heteroatoms. The van der Waals surface area contributed by atoms with Gasteiger partial charge in [0.15, 0.2) is 0 Å². The van der Waals surface area contributed by atoms with Crippen LogP contribution >= 0.6 is 0 Å². The largest absolute Gasteiger partial charge is 0.381 e. The van der Waals surface area contributed by atoms with Gasteiger partial charge in [-0.2, -0.15) is 0 Å². The highest BCUT2D eigenvalue weighted by molar-refractivity contribution is 7.89. The summed E-state index contributed by atoms with van der Waals surface area (Å²) in [5.41, 5.74) is -0.208. The molecule has 2 fully saturated rings. The van der Waals surface area contributed by atoms with Crippen LogP contribution in [0, 0.1) is 11.3 Å². The molecule has 0 unspecified atom stereocenters. The summed E-state index contributed by atoms with van der Waals surface area (Å²) in [4.78, 5) is 0. The fourth-order valence-corrected chi connectivity index (χ4v) is 4.01. The summed E-state index contributed by atoms with van der Waals surface area (Å²) in [5, 5.41) is 5.21. The molecule has 0 aromatic rings. The number of nitrogens with two attached hydrogens (primary N) is 1. The van der Waals surface area contributed by atoms with Crippen molar-refractivity contribution < 1.29 is 13.2 Å². The van der Waals surface area contributed by atoms with Crippen molar-refractivity contribution in [2.24, 2.45) is 16.5 Å². The first-order valence-corrected chi connectivity index (χ1v) is 8.29. The Labute approximate surface area is 104 Å². The average Bonchev–Trinajstić information content (AvgIpc) is 3.00. The third-order valence-electron chi connectivity index (χ3n) is 3.88. The van der Waals surface area contributed by atoms with E-state index in [1.54, 1.807) is 0 Å². The van der Waals surface area contributed by atoms with Gasteiger partial charge in [0.1, 0.15) is 0 Å². The highest BCUT2D eigenvalue weighted by atomic mass is 32.2. The summed E-state index contributed by atoms with van der Waals surface area (Å²) < 4.78 is 28.4. The molecule has 0 bridgehead atoms. The van der Waals surface area contributed by atoms with Gasteiger partial charge in [-0.1, -0.05) is 19.3 Å². The van der Waals surface area contributed by atoms with E-state index in [4.69, 9.17) is 9.88 Å². The minimum Gasteiger partial charge on any atom is -0.381 e. The highest BCUT2D eigenvalue weighted by Crippen LogP contribution is 2.38. The van der Waals surface area contributed by atoms with Crippen LogP contribution in [0.3, 0.4) is 0 Å². The Morgan fingerprint density at radius 3 is 2.35 bits per heavy atom. The minimum atomic E-state index is -3.40. The zero-order valence-electron chi connectivity index (χ0n) is 10.4. The van der Waals surface area contributed by atoms with E-state index in [0.29, 0.717) is 6.61 Å². The van der Waals surface area contributed by atoms with E-state index in [0.717, 1.165) is 38.2 Å². The van der Waals surface area contributed by atoms with Crippen molar-refractivity contribution in [1.29, 1.82) is 0 Å². The van der Waals surface area contributed by atoms with E-state index in [-0.39, 0.29) is 11.2 Å². The highest BCUT2D eigenvalue weighted by Gasteiger charge is 2.36. The molecule has 2 aliphatic carbocycles. The van der Waals surface area contributed by atoms with Gasteiger partial charge in [0.25, 0.3) is 0 Å². The standard InChI is InChI=1S/C12H23NO3S/c13-17(14,15)10-12(6-2-1-3-7-12)9-16-8-11-4-5-11/h11H,1-10H2,(H2,13,14,15). The first-order chi connectivity index (χ1) is 7.99. The normalized spacial score (nSPS) is 24.8. The minimum absolute atomic E-state index is 0.0880. The molecule has 2 rings (SSSR count). The molecule has 0 amide bonds. The lowest BCUT2D eigenvalue weighted by Crippen LogP contribution is -2.39. The second kappa shape index (κ2) is 5.24. The van der Waals surface area contributed by atoms with Crippen molar-refractivity contribution in [3.8, 4) is 0 Å². The Hall–Kier alpha value is -0.130. The van der Waals surface area contributed by atoms with Crippen molar-refractivity contribution in [1.82, 2.24) is 0 Å². The van der Waals surface area contributed by atoms with Crippen LogP contribution < -0.4 is 5.14 Å². The van der Waals surface area contributed by atoms with Gasteiger partial charge in [0.2, 0.25) is 10.0 Å². The predicted octanol–water partition coefficient (Wildman–Crippen LogP) is 1.65. The van der Waals surface area contributed by atoms with Gasteiger partial charge in [-0.25, -0.2) is 13.6 Å². The van der Waals surface area contributed by atoms with Crippen molar-refractivity contribution in [3.05, 3.63) is 0 Å². The summed E-state index contributed by atoms with van der Waals surface area (Å²) in [6, 6.07) is 0. The van der Waals surface area contributed by atoms with Gasteiger partial charge in [0, 0.05) is 12.0 Å². The van der Waals surface area contributed by atoms with E-state index < -0.39 is 10.0 Å². The molecule has 0 aliphatic heterocycles. The number of rotatable bonds is 6. The van der Waals surface area contributed by atoms with Gasteiger partial charge in [-0.15, -0.1) is 0 Å². The van der Waals surface area contributed by atoms with Gasteiger partial charge in [-0.05, 0) is 31.6 Å². The third kappa shape index (κ3) is 4.56. The van der Waals surface area contributed by atoms with E-state index in [1.807, 2.05) is 0 Å². The molecule has 2 saturated carbocycles. The smallest absolute Gasteiger partial charge is 0.209 e. The Kier molecular flexibility index (Phi) is 4.10. The van der Waals surface area contributed by atoms with E-state index >= 15 is 0 Å². The average molecular weight is 261 g/mol. The van der Waals surface area contributed by atoms with E-state index in [2.05, 4.69) is 0 Å². The maximum Gasteiger partial charge on any atom is 0.209 e. The monoisotopic (exact) mass is 261 g/mol. The van der Waals surface area contributed by atoms with Crippen LogP contribution in [-0.2, 0) is 14.8 Å². The lowest BCUT2D eigenvalue weighted by Gasteiger charge is -2.36. The Bertz CT molecular complexity index is 343. The van der Waals surface area contributed by atoms with E-state index in [9.17, 15) is 8.42 Å². The molecule has 0 spiro atoms. The Morgan fingerprint density at radius 2 is 1.82 bits per heavy atom. The van der Waals surface area contributed by atoms with Crippen LogP contribution in [0.1, 0.15) is 44.9 Å². The summed E-state index contributed by atoms with van der Waals surface area (Å²) in [6.45, 7) is 1.37. The number of primary sulfonamides is 1.